The lowest BCUT2D eigenvalue weighted by Crippen LogP contribution is -2.45. The van der Waals surface area contributed by atoms with E-state index in [4.69, 9.17) is 4.74 Å². The number of hydrogen-bond donors (Lipinski definition) is 2. The minimum Gasteiger partial charge on any atom is -0.480 e. The third kappa shape index (κ3) is 4.92. The predicted octanol–water partition coefficient (Wildman–Crippen LogP) is 0.773. The van der Waals surface area contributed by atoms with Gasteiger partial charge in [-0.2, -0.15) is 0 Å². The van der Waals surface area contributed by atoms with Crippen LogP contribution in [0.1, 0.15) is 44.9 Å². The van der Waals surface area contributed by atoms with Gasteiger partial charge in [-0.05, 0) is 12.3 Å². The number of hydrogen-bond acceptors (Lipinski definition) is 4. The zero-order valence-corrected chi connectivity index (χ0v) is 13.6. The van der Waals surface area contributed by atoms with Crippen LogP contribution in [0.5, 0.6) is 0 Å². The van der Waals surface area contributed by atoms with Crippen LogP contribution in [-0.2, 0) is 19.1 Å². The zero-order valence-electron chi connectivity index (χ0n) is 13.6. The summed E-state index contributed by atoms with van der Waals surface area (Å²) in [5.74, 6) is -0.912. The van der Waals surface area contributed by atoms with Gasteiger partial charge < -0.3 is 20.1 Å². The van der Waals surface area contributed by atoms with Gasteiger partial charge in [-0.3, -0.25) is 9.59 Å². The molecule has 1 saturated heterocycles. The Bertz CT molecular complexity index is 448. The lowest BCUT2D eigenvalue weighted by atomic mass is 10.0. The number of carboxylic acids is 1. The Morgan fingerprint density at radius 3 is 2.57 bits per heavy atom. The molecule has 2 rings (SSSR count). The molecular formula is C16H26N2O5. The molecule has 2 atom stereocenters. The number of nitrogens with zero attached hydrogens (tertiary/aromatic N) is 1. The molecule has 1 aliphatic heterocycles. The van der Waals surface area contributed by atoms with E-state index in [0.29, 0.717) is 12.3 Å². The SMILES string of the molecule is COC1CC(C(=O)O)N(C(=O)CNC(=O)CCC2CCCC2)C1. The molecular weight excluding hydrogens is 300 g/mol. The quantitative estimate of drug-likeness (QED) is 0.720. The van der Waals surface area contributed by atoms with Crippen molar-refractivity contribution in [3.63, 3.8) is 0 Å². The second-order valence-electron chi connectivity index (χ2n) is 6.46. The lowest BCUT2D eigenvalue weighted by molar-refractivity contribution is -0.148. The van der Waals surface area contributed by atoms with E-state index in [-0.39, 0.29) is 37.4 Å². The van der Waals surface area contributed by atoms with E-state index >= 15 is 0 Å². The third-order valence-corrected chi connectivity index (χ3v) is 4.89. The summed E-state index contributed by atoms with van der Waals surface area (Å²) in [4.78, 5) is 36.5. The van der Waals surface area contributed by atoms with Crippen molar-refractivity contribution in [1.29, 1.82) is 0 Å². The lowest BCUT2D eigenvalue weighted by Gasteiger charge is -2.21. The van der Waals surface area contributed by atoms with Crippen molar-refractivity contribution in [3.8, 4) is 0 Å². The number of ether oxygens (including phenoxy) is 1. The maximum Gasteiger partial charge on any atom is 0.326 e. The van der Waals surface area contributed by atoms with Crippen molar-refractivity contribution in [2.45, 2.75) is 57.1 Å². The number of rotatable bonds is 7. The number of likely N-dealkylation sites (tertiary alicyclic amines) is 1. The summed E-state index contributed by atoms with van der Waals surface area (Å²) in [6, 6.07) is -0.872. The smallest absolute Gasteiger partial charge is 0.326 e. The molecule has 2 fully saturated rings. The van der Waals surface area contributed by atoms with Gasteiger partial charge in [0.05, 0.1) is 12.6 Å². The molecule has 0 bridgehead atoms. The van der Waals surface area contributed by atoms with Gasteiger partial charge in [0.2, 0.25) is 11.8 Å². The largest absolute Gasteiger partial charge is 0.480 e. The van der Waals surface area contributed by atoms with Gasteiger partial charge in [0.15, 0.2) is 0 Å². The highest BCUT2D eigenvalue weighted by molar-refractivity contribution is 5.88. The first-order valence-electron chi connectivity index (χ1n) is 8.33. The molecule has 0 aromatic carbocycles. The summed E-state index contributed by atoms with van der Waals surface area (Å²) < 4.78 is 5.15. The van der Waals surface area contributed by atoms with Crippen LogP contribution in [0.15, 0.2) is 0 Å². The van der Waals surface area contributed by atoms with Crippen LogP contribution in [0.2, 0.25) is 0 Å². The molecule has 7 heteroatoms. The minimum absolute atomic E-state index is 0.139. The predicted molar refractivity (Wildman–Crippen MR) is 82.8 cm³/mol. The van der Waals surface area contributed by atoms with Gasteiger partial charge in [-0.1, -0.05) is 25.7 Å². The van der Waals surface area contributed by atoms with Crippen molar-refractivity contribution in [1.82, 2.24) is 10.2 Å². The maximum absolute atomic E-state index is 12.2. The second-order valence-corrected chi connectivity index (χ2v) is 6.46. The molecule has 130 valence electrons. The normalized spacial score (nSPS) is 24.8. The first-order valence-corrected chi connectivity index (χ1v) is 8.33. The Morgan fingerprint density at radius 1 is 1.26 bits per heavy atom. The molecule has 1 heterocycles. The Labute approximate surface area is 136 Å². The minimum atomic E-state index is -1.04. The van der Waals surface area contributed by atoms with Crippen LogP contribution in [0.3, 0.4) is 0 Å². The first-order chi connectivity index (χ1) is 11.0. The number of carboxylic acid groups (broad SMARTS) is 1. The topological polar surface area (TPSA) is 95.9 Å². The summed E-state index contributed by atoms with van der Waals surface area (Å²) in [5, 5.41) is 11.8. The molecule has 1 saturated carbocycles. The maximum atomic E-state index is 12.2. The Hall–Kier alpha value is -1.63. The average Bonchev–Trinajstić information content (AvgIpc) is 3.19. The monoisotopic (exact) mass is 326 g/mol. The van der Waals surface area contributed by atoms with Crippen LogP contribution in [-0.4, -0.2) is 60.1 Å². The molecule has 1 aliphatic carbocycles. The highest BCUT2D eigenvalue weighted by Crippen LogP contribution is 2.28. The molecule has 2 N–H and O–H groups in total. The number of carbonyl (C=O) groups excluding carboxylic acids is 2. The van der Waals surface area contributed by atoms with Crippen molar-refractivity contribution < 1.29 is 24.2 Å². The van der Waals surface area contributed by atoms with Gasteiger partial charge in [0, 0.05) is 26.5 Å². The average molecular weight is 326 g/mol. The van der Waals surface area contributed by atoms with Crippen molar-refractivity contribution in [3.05, 3.63) is 0 Å². The van der Waals surface area contributed by atoms with E-state index in [2.05, 4.69) is 5.32 Å². The van der Waals surface area contributed by atoms with Gasteiger partial charge >= 0.3 is 5.97 Å². The Balaban J connectivity index is 1.74. The van der Waals surface area contributed by atoms with Crippen LogP contribution < -0.4 is 5.32 Å². The molecule has 2 amide bonds. The second kappa shape index (κ2) is 8.29. The van der Waals surface area contributed by atoms with Crippen molar-refractivity contribution in [2.24, 2.45) is 5.92 Å². The molecule has 2 aliphatic rings. The Morgan fingerprint density at radius 2 is 1.96 bits per heavy atom. The summed E-state index contributed by atoms with van der Waals surface area (Å²) in [6.45, 7) is 0.105. The standard InChI is InChI=1S/C16H26N2O5/c1-23-12-8-13(16(21)22)18(10-12)15(20)9-17-14(19)7-6-11-4-2-3-5-11/h11-13H,2-10H2,1H3,(H,17,19)(H,21,22). The van der Waals surface area contributed by atoms with Gasteiger partial charge in [-0.25, -0.2) is 4.79 Å². The molecule has 0 aromatic rings. The van der Waals surface area contributed by atoms with Gasteiger partial charge in [0.25, 0.3) is 0 Å². The molecule has 2 unspecified atom stereocenters. The van der Waals surface area contributed by atoms with Crippen LogP contribution in [0.25, 0.3) is 0 Å². The summed E-state index contributed by atoms with van der Waals surface area (Å²) in [6.07, 6.45) is 6.20. The number of carbonyl (C=O) groups is 3. The molecule has 0 radical (unpaired) electrons. The van der Waals surface area contributed by atoms with E-state index in [0.717, 1.165) is 6.42 Å². The van der Waals surface area contributed by atoms with E-state index in [1.54, 1.807) is 0 Å². The summed E-state index contributed by atoms with van der Waals surface area (Å²) >= 11 is 0. The molecule has 23 heavy (non-hydrogen) atoms. The van der Waals surface area contributed by atoms with Crippen LogP contribution in [0, 0.1) is 5.92 Å². The number of aliphatic carboxylic acids is 1. The van der Waals surface area contributed by atoms with E-state index < -0.39 is 12.0 Å². The number of nitrogens with one attached hydrogen (secondary N) is 1. The summed E-state index contributed by atoms with van der Waals surface area (Å²) in [7, 11) is 1.50. The van der Waals surface area contributed by atoms with Crippen LogP contribution in [0.4, 0.5) is 0 Å². The van der Waals surface area contributed by atoms with E-state index in [9.17, 15) is 19.5 Å². The van der Waals surface area contributed by atoms with Crippen molar-refractivity contribution in [2.75, 3.05) is 20.2 Å². The fraction of sp³-hybridized carbons (Fsp3) is 0.812. The van der Waals surface area contributed by atoms with Crippen LogP contribution >= 0.6 is 0 Å². The summed E-state index contributed by atoms with van der Waals surface area (Å²) in [5.41, 5.74) is 0. The number of amides is 2. The fourth-order valence-electron chi connectivity index (χ4n) is 3.48. The van der Waals surface area contributed by atoms with E-state index in [1.165, 1.54) is 37.7 Å². The molecule has 0 aromatic heterocycles. The highest BCUT2D eigenvalue weighted by atomic mass is 16.5. The van der Waals surface area contributed by atoms with Gasteiger partial charge in [0.1, 0.15) is 6.04 Å². The third-order valence-electron chi connectivity index (χ3n) is 4.89. The molecule has 0 spiro atoms. The van der Waals surface area contributed by atoms with Gasteiger partial charge in [-0.15, -0.1) is 0 Å². The fourth-order valence-corrected chi connectivity index (χ4v) is 3.48. The first kappa shape index (κ1) is 17.7. The van der Waals surface area contributed by atoms with E-state index in [1.807, 2.05) is 0 Å². The zero-order chi connectivity index (χ0) is 16.8. The van der Waals surface area contributed by atoms with Crippen molar-refractivity contribution >= 4 is 17.8 Å². The highest BCUT2D eigenvalue weighted by Gasteiger charge is 2.39. The number of methoxy groups -OCH3 is 1. The molecule has 7 nitrogen and oxygen atoms in total. The Kier molecular flexibility index (Phi) is 6.38.